The summed E-state index contributed by atoms with van der Waals surface area (Å²) in [5, 5.41) is 2.57. The van der Waals surface area contributed by atoms with Crippen molar-refractivity contribution in [1.29, 1.82) is 0 Å². The Balaban J connectivity index is 2.40. The number of ether oxygens (including phenoxy) is 2. The second kappa shape index (κ2) is 7.06. The standard InChI is InChI=1S/C16H16N2O4S/c1-4-7-18-15(20)11(14(19)17-16(18)23)8-10-5-6-12(21-2)13(9-10)22-3/h4-6,8-9H,1,7H2,2-3H3,(H,17,19,23). The minimum absolute atomic E-state index is 0.00679. The molecule has 0 aliphatic carbocycles. The molecule has 1 fully saturated rings. The van der Waals surface area contributed by atoms with E-state index >= 15 is 0 Å². The van der Waals surface area contributed by atoms with Crippen molar-refractivity contribution in [2.45, 2.75) is 0 Å². The van der Waals surface area contributed by atoms with Gasteiger partial charge in [-0.1, -0.05) is 12.1 Å². The third-order valence-corrected chi connectivity index (χ3v) is 3.54. The molecule has 0 bridgehead atoms. The van der Waals surface area contributed by atoms with Crippen molar-refractivity contribution in [1.82, 2.24) is 10.2 Å². The number of thiocarbonyl (C=S) groups is 1. The van der Waals surface area contributed by atoms with E-state index in [1.54, 1.807) is 18.2 Å². The molecule has 6 nitrogen and oxygen atoms in total. The van der Waals surface area contributed by atoms with Crippen molar-refractivity contribution in [2.75, 3.05) is 20.8 Å². The fourth-order valence-electron chi connectivity index (χ4n) is 2.10. The Labute approximate surface area is 139 Å². The first-order valence-corrected chi connectivity index (χ1v) is 7.14. The van der Waals surface area contributed by atoms with Crippen LogP contribution in [0, 0.1) is 0 Å². The third kappa shape index (κ3) is 3.40. The quantitative estimate of drug-likeness (QED) is 0.383. The Morgan fingerprint density at radius 3 is 2.57 bits per heavy atom. The van der Waals surface area contributed by atoms with Crippen LogP contribution in [-0.2, 0) is 9.59 Å². The maximum atomic E-state index is 12.4. The fraction of sp³-hybridized carbons (Fsp3) is 0.188. The number of benzene rings is 1. The zero-order chi connectivity index (χ0) is 17.0. The van der Waals surface area contributed by atoms with Crippen LogP contribution in [0.15, 0.2) is 36.4 Å². The molecule has 0 saturated carbocycles. The van der Waals surface area contributed by atoms with E-state index in [2.05, 4.69) is 11.9 Å². The van der Waals surface area contributed by atoms with Crippen LogP contribution in [0.4, 0.5) is 0 Å². The number of carbonyl (C=O) groups is 2. The van der Waals surface area contributed by atoms with Crippen LogP contribution in [-0.4, -0.2) is 42.6 Å². The van der Waals surface area contributed by atoms with Gasteiger partial charge in [0.2, 0.25) is 0 Å². The molecule has 0 atom stereocenters. The first kappa shape index (κ1) is 16.7. The molecular weight excluding hydrogens is 316 g/mol. The number of rotatable bonds is 5. The van der Waals surface area contributed by atoms with Crippen LogP contribution in [0.1, 0.15) is 5.56 Å². The van der Waals surface area contributed by atoms with Gasteiger partial charge in [-0.2, -0.15) is 0 Å². The molecule has 1 N–H and O–H groups in total. The second-order valence-corrected chi connectivity index (χ2v) is 5.02. The van der Waals surface area contributed by atoms with Gasteiger partial charge in [-0.25, -0.2) is 0 Å². The zero-order valence-corrected chi connectivity index (χ0v) is 13.6. The molecule has 1 aromatic carbocycles. The van der Waals surface area contributed by atoms with E-state index in [1.165, 1.54) is 31.3 Å². The molecular formula is C16H16N2O4S. The predicted molar refractivity (Wildman–Crippen MR) is 90.2 cm³/mol. The summed E-state index contributed by atoms with van der Waals surface area (Å²) in [6.45, 7) is 3.80. The molecule has 0 unspecified atom stereocenters. The van der Waals surface area contributed by atoms with Gasteiger partial charge in [0, 0.05) is 6.54 Å². The van der Waals surface area contributed by atoms with Crippen LogP contribution in [0.3, 0.4) is 0 Å². The average Bonchev–Trinajstić information content (AvgIpc) is 2.55. The van der Waals surface area contributed by atoms with Crippen molar-refractivity contribution < 1.29 is 19.1 Å². The van der Waals surface area contributed by atoms with Gasteiger partial charge in [0.05, 0.1) is 14.2 Å². The monoisotopic (exact) mass is 332 g/mol. The molecule has 2 amide bonds. The molecule has 1 saturated heterocycles. The van der Waals surface area contributed by atoms with Crippen molar-refractivity contribution >= 4 is 35.2 Å². The molecule has 2 rings (SSSR count). The van der Waals surface area contributed by atoms with Crippen molar-refractivity contribution in [3.8, 4) is 11.5 Å². The number of methoxy groups -OCH3 is 2. The molecule has 0 aromatic heterocycles. The lowest BCUT2D eigenvalue weighted by Crippen LogP contribution is -2.53. The van der Waals surface area contributed by atoms with E-state index in [9.17, 15) is 9.59 Å². The number of amides is 2. The summed E-state index contributed by atoms with van der Waals surface area (Å²) in [5.41, 5.74) is 0.625. The van der Waals surface area contributed by atoms with Crippen LogP contribution < -0.4 is 14.8 Å². The van der Waals surface area contributed by atoms with Gasteiger partial charge in [0.1, 0.15) is 5.57 Å². The summed E-state index contributed by atoms with van der Waals surface area (Å²) in [7, 11) is 3.04. The number of nitrogens with zero attached hydrogens (tertiary/aromatic N) is 1. The van der Waals surface area contributed by atoms with Gasteiger partial charge < -0.3 is 9.47 Å². The third-order valence-electron chi connectivity index (χ3n) is 3.22. The minimum Gasteiger partial charge on any atom is -0.493 e. The Morgan fingerprint density at radius 1 is 1.26 bits per heavy atom. The van der Waals surface area contributed by atoms with E-state index in [4.69, 9.17) is 21.7 Å². The largest absolute Gasteiger partial charge is 0.493 e. The first-order chi connectivity index (χ1) is 11.0. The predicted octanol–water partition coefficient (Wildman–Crippen LogP) is 1.52. The van der Waals surface area contributed by atoms with Gasteiger partial charge >= 0.3 is 0 Å². The highest BCUT2D eigenvalue weighted by atomic mass is 32.1. The Kier molecular flexibility index (Phi) is 5.13. The second-order valence-electron chi connectivity index (χ2n) is 4.64. The molecule has 1 aliphatic heterocycles. The fourth-order valence-corrected chi connectivity index (χ4v) is 2.35. The maximum Gasteiger partial charge on any atom is 0.265 e. The molecule has 120 valence electrons. The SMILES string of the molecule is C=CCN1C(=O)C(=Cc2ccc(OC)c(OC)c2)C(=O)NC1=S. The number of hydrogen-bond acceptors (Lipinski definition) is 5. The summed E-state index contributed by atoms with van der Waals surface area (Å²) < 4.78 is 10.4. The molecule has 1 aromatic rings. The highest BCUT2D eigenvalue weighted by Gasteiger charge is 2.32. The summed E-state index contributed by atoms with van der Waals surface area (Å²) in [4.78, 5) is 25.7. The highest BCUT2D eigenvalue weighted by molar-refractivity contribution is 7.80. The van der Waals surface area contributed by atoms with Gasteiger partial charge in [-0.15, -0.1) is 6.58 Å². The summed E-state index contributed by atoms with van der Waals surface area (Å²) in [5.74, 6) is 0.0658. The minimum atomic E-state index is -0.532. The normalized spacial score (nSPS) is 16.3. The topological polar surface area (TPSA) is 67.9 Å². The highest BCUT2D eigenvalue weighted by Crippen LogP contribution is 2.28. The lowest BCUT2D eigenvalue weighted by molar-refractivity contribution is -0.128. The van der Waals surface area contributed by atoms with Crippen molar-refractivity contribution in [2.24, 2.45) is 0 Å². The van der Waals surface area contributed by atoms with Crippen LogP contribution in [0.2, 0.25) is 0 Å². The van der Waals surface area contributed by atoms with Crippen LogP contribution >= 0.6 is 12.2 Å². The smallest absolute Gasteiger partial charge is 0.265 e. The summed E-state index contributed by atoms with van der Waals surface area (Å²) >= 11 is 5.00. The lowest BCUT2D eigenvalue weighted by Gasteiger charge is -2.27. The van der Waals surface area contributed by atoms with Crippen LogP contribution in [0.25, 0.3) is 6.08 Å². The summed E-state index contributed by atoms with van der Waals surface area (Å²) in [6, 6.07) is 5.10. The Bertz CT molecular complexity index is 712. The van der Waals surface area contributed by atoms with E-state index in [-0.39, 0.29) is 17.2 Å². The molecule has 0 radical (unpaired) electrons. The molecule has 0 spiro atoms. The molecule has 1 aliphatic rings. The lowest BCUT2D eigenvalue weighted by atomic mass is 10.1. The van der Waals surface area contributed by atoms with E-state index in [1.807, 2.05) is 0 Å². The molecule has 7 heteroatoms. The summed E-state index contributed by atoms with van der Waals surface area (Å²) in [6.07, 6.45) is 3.02. The van der Waals surface area contributed by atoms with Crippen molar-refractivity contribution in [3.05, 3.63) is 42.0 Å². The van der Waals surface area contributed by atoms with Crippen LogP contribution in [0.5, 0.6) is 11.5 Å². The number of nitrogens with one attached hydrogen (secondary N) is 1. The van der Waals surface area contributed by atoms with Crippen molar-refractivity contribution in [3.63, 3.8) is 0 Å². The van der Waals surface area contributed by atoms with E-state index in [0.29, 0.717) is 17.1 Å². The number of carbonyl (C=O) groups excluding carboxylic acids is 2. The first-order valence-electron chi connectivity index (χ1n) is 6.73. The van der Waals surface area contributed by atoms with Gasteiger partial charge in [-0.05, 0) is 36.0 Å². The van der Waals surface area contributed by atoms with Gasteiger partial charge in [0.25, 0.3) is 11.8 Å². The Hall–Kier alpha value is -2.67. The van der Waals surface area contributed by atoms with Gasteiger partial charge in [0.15, 0.2) is 16.6 Å². The maximum absolute atomic E-state index is 12.4. The Morgan fingerprint density at radius 2 is 1.96 bits per heavy atom. The van der Waals surface area contributed by atoms with Gasteiger partial charge in [-0.3, -0.25) is 19.8 Å². The zero-order valence-electron chi connectivity index (χ0n) is 12.8. The number of hydrogen-bond donors (Lipinski definition) is 1. The van der Waals surface area contributed by atoms with E-state index < -0.39 is 11.8 Å². The molecule has 23 heavy (non-hydrogen) atoms. The van der Waals surface area contributed by atoms with E-state index in [0.717, 1.165) is 0 Å². The molecule has 1 heterocycles. The average molecular weight is 332 g/mol.